The summed E-state index contributed by atoms with van der Waals surface area (Å²) in [5.41, 5.74) is 1.52. The Labute approximate surface area is 157 Å². The van der Waals surface area contributed by atoms with Crippen LogP contribution in [-0.2, 0) is 4.74 Å². The summed E-state index contributed by atoms with van der Waals surface area (Å²) in [5, 5.41) is 0. The predicted molar refractivity (Wildman–Crippen MR) is 103 cm³/mol. The molecule has 0 unspecified atom stereocenters. The number of ether oxygens (including phenoxy) is 1. The van der Waals surface area contributed by atoms with E-state index in [0.717, 1.165) is 31.5 Å². The van der Waals surface area contributed by atoms with E-state index in [1.54, 1.807) is 4.90 Å². The third-order valence-electron chi connectivity index (χ3n) is 4.83. The molecule has 0 aliphatic carbocycles. The van der Waals surface area contributed by atoms with Gasteiger partial charge in [0.25, 0.3) is 5.91 Å². The fraction of sp³-hybridized carbons (Fsp3) is 0.619. The van der Waals surface area contributed by atoms with Gasteiger partial charge in [0.2, 0.25) is 0 Å². The van der Waals surface area contributed by atoms with E-state index in [9.17, 15) is 9.59 Å². The Morgan fingerprint density at radius 2 is 1.62 bits per heavy atom. The van der Waals surface area contributed by atoms with E-state index in [1.165, 1.54) is 5.56 Å². The minimum Gasteiger partial charge on any atom is -0.444 e. The summed E-state index contributed by atoms with van der Waals surface area (Å²) in [7, 11) is 0. The van der Waals surface area contributed by atoms with Crippen LogP contribution in [0, 0.1) is 0 Å². The highest BCUT2D eigenvalue weighted by Gasteiger charge is 2.27. The largest absolute Gasteiger partial charge is 0.444 e. The first-order valence-corrected chi connectivity index (χ1v) is 9.62. The van der Waals surface area contributed by atoms with Crippen molar-refractivity contribution in [2.45, 2.75) is 59.0 Å². The third-order valence-corrected chi connectivity index (χ3v) is 4.83. The van der Waals surface area contributed by atoms with Crippen molar-refractivity contribution in [1.29, 1.82) is 0 Å². The number of rotatable bonds is 4. The van der Waals surface area contributed by atoms with Gasteiger partial charge in [-0.2, -0.15) is 0 Å². The molecule has 0 radical (unpaired) electrons. The first-order valence-electron chi connectivity index (χ1n) is 9.62. The first-order chi connectivity index (χ1) is 12.2. The van der Waals surface area contributed by atoms with Gasteiger partial charge in [-0.05, 0) is 71.1 Å². The van der Waals surface area contributed by atoms with E-state index in [4.69, 9.17) is 4.74 Å². The number of hydrogen-bond acceptors (Lipinski definition) is 3. The summed E-state index contributed by atoms with van der Waals surface area (Å²) in [6.45, 7) is 12.5. The normalized spacial score (nSPS) is 15.7. The van der Waals surface area contributed by atoms with Crippen LogP contribution in [0.4, 0.5) is 4.79 Å². The fourth-order valence-corrected chi connectivity index (χ4v) is 3.31. The molecule has 144 valence electrons. The van der Waals surface area contributed by atoms with Crippen molar-refractivity contribution in [3.05, 3.63) is 35.4 Å². The van der Waals surface area contributed by atoms with Gasteiger partial charge in [-0.15, -0.1) is 0 Å². The molecule has 1 aliphatic rings. The van der Waals surface area contributed by atoms with Crippen molar-refractivity contribution in [2.24, 2.45) is 0 Å². The highest BCUT2D eigenvalue weighted by atomic mass is 16.6. The van der Waals surface area contributed by atoms with Crippen LogP contribution in [0.3, 0.4) is 0 Å². The summed E-state index contributed by atoms with van der Waals surface area (Å²) >= 11 is 0. The Balaban J connectivity index is 1.93. The summed E-state index contributed by atoms with van der Waals surface area (Å²) < 4.78 is 5.45. The van der Waals surface area contributed by atoms with Crippen LogP contribution in [-0.4, -0.2) is 53.6 Å². The molecule has 1 saturated heterocycles. The molecule has 2 rings (SSSR count). The molecule has 1 aliphatic heterocycles. The quantitative estimate of drug-likeness (QED) is 0.805. The van der Waals surface area contributed by atoms with Gasteiger partial charge >= 0.3 is 6.09 Å². The molecule has 1 aromatic rings. The van der Waals surface area contributed by atoms with Crippen LogP contribution in [0.25, 0.3) is 0 Å². The summed E-state index contributed by atoms with van der Waals surface area (Å²) in [4.78, 5) is 28.2. The number of likely N-dealkylation sites (tertiary alicyclic amines) is 1. The zero-order valence-electron chi connectivity index (χ0n) is 16.7. The van der Waals surface area contributed by atoms with Gasteiger partial charge in [0, 0.05) is 31.7 Å². The van der Waals surface area contributed by atoms with Crippen molar-refractivity contribution in [1.82, 2.24) is 9.80 Å². The second kappa shape index (κ2) is 8.56. The van der Waals surface area contributed by atoms with Gasteiger partial charge in [-0.25, -0.2) is 4.79 Å². The number of benzene rings is 1. The van der Waals surface area contributed by atoms with Crippen molar-refractivity contribution in [2.75, 3.05) is 26.2 Å². The lowest BCUT2D eigenvalue weighted by Crippen LogP contribution is -2.41. The molecule has 5 nitrogen and oxygen atoms in total. The number of carbonyl (C=O) groups is 2. The minimum absolute atomic E-state index is 0.0845. The fourth-order valence-electron chi connectivity index (χ4n) is 3.31. The number of hydrogen-bond donors (Lipinski definition) is 0. The van der Waals surface area contributed by atoms with E-state index in [-0.39, 0.29) is 12.0 Å². The van der Waals surface area contributed by atoms with Crippen LogP contribution >= 0.6 is 0 Å². The first kappa shape index (κ1) is 20.3. The van der Waals surface area contributed by atoms with E-state index in [0.29, 0.717) is 19.0 Å². The van der Waals surface area contributed by atoms with Gasteiger partial charge in [0.1, 0.15) is 5.60 Å². The smallest absolute Gasteiger partial charge is 0.410 e. The molecular weight excluding hydrogens is 328 g/mol. The molecule has 5 heteroatoms. The van der Waals surface area contributed by atoms with Gasteiger partial charge in [-0.3, -0.25) is 4.79 Å². The number of amides is 2. The zero-order chi connectivity index (χ0) is 19.3. The Morgan fingerprint density at radius 1 is 1.08 bits per heavy atom. The SMILES string of the molecule is CCN(CC)C(=O)c1ccc(C2CCN(C(=O)OC(C)(C)C)CC2)cc1. The minimum atomic E-state index is -0.457. The lowest BCUT2D eigenvalue weighted by Gasteiger charge is -2.33. The van der Waals surface area contributed by atoms with E-state index in [2.05, 4.69) is 12.1 Å². The van der Waals surface area contributed by atoms with E-state index >= 15 is 0 Å². The highest BCUT2D eigenvalue weighted by molar-refractivity contribution is 5.94. The number of piperidine rings is 1. The molecule has 0 atom stereocenters. The topological polar surface area (TPSA) is 49.9 Å². The van der Waals surface area contributed by atoms with E-state index in [1.807, 2.05) is 51.7 Å². The molecule has 1 fully saturated rings. The van der Waals surface area contributed by atoms with Crippen LogP contribution < -0.4 is 0 Å². The van der Waals surface area contributed by atoms with Crippen molar-refractivity contribution >= 4 is 12.0 Å². The van der Waals surface area contributed by atoms with Gasteiger partial charge in [-0.1, -0.05) is 12.1 Å². The third kappa shape index (κ3) is 5.23. The standard InChI is InChI=1S/C21H32N2O3/c1-6-22(7-2)19(24)18-10-8-16(9-11-18)17-12-14-23(15-13-17)20(25)26-21(3,4)5/h8-11,17H,6-7,12-15H2,1-5H3. The summed E-state index contributed by atoms with van der Waals surface area (Å²) in [5.74, 6) is 0.507. The lowest BCUT2D eigenvalue weighted by atomic mass is 9.89. The van der Waals surface area contributed by atoms with Crippen LogP contribution in [0.5, 0.6) is 0 Å². The molecule has 0 N–H and O–H groups in total. The zero-order valence-corrected chi connectivity index (χ0v) is 16.7. The second-order valence-corrected chi connectivity index (χ2v) is 7.84. The predicted octanol–water partition coefficient (Wildman–Crippen LogP) is 4.28. The average Bonchev–Trinajstić information content (AvgIpc) is 2.61. The Bertz CT molecular complexity index is 607. The Kier molecular flexibility index (Phi) is 6.68. The summed E-state index contributed by atoms with van der Waals surface area (Å²) in [6, 6.07) is 7.97. The van der Waals surface area contributed by atoms with Gasteiger partial charge < -0.3 is 14.5 Å². The van der Waals surface area contributed by atoms with Crippen molar-refractivity contribution < 1.29 is 14.3 Å². The monoisotopic (exact) mass is 360 g/mol. The second-order valence-electron chi connectivity index (χ2n) is 7.84. The van der Waals surface area contributed by atoms with Gasteiger partial charge in [0.15, 0.2) is 0 Å². The maximum atomic E-state index is 12.4. The molecule has 0 saturated carbocycles. The Morgan fingerprint density at radius 3 is 2.08 bits per heavy atom. The van der Waals surface area contributed by atoms with Gasteiger partial charge in [0.05, 0.1) is 0 Å². The maximum Gasteiger partial charge on any atom is 0.410 e. The molecule has 0 spiro atoms. The molecule has 1 aromatic carbocycles. The van der Waals surface area contributed by atoms with Crippen LogP contribution in [0.2, 0.25) is 0 Å². The molecular formula is C21H32N2O3. The molecule has 0 bridgehead atoms. The van der Waals surface area contributed by atoms with Crippen molar-refractivity contribution in [3.63, 3.8) is 0 Å². The highest BCUT2D eigenvalue weighted by Crippen LogP contribution is 2.29. The Hall–Kier alpha value is -2.04. The van der Waals surface area contributed by atoms with Crippen LogP contribution in [0.1, 0.15) is 69.3 Å². The van der Waals surface area contributed by atoms with Crippen LogP contribution in [0.15, 0.2) is 24.3 Å². The maximum absolute atomic E-state index is 12.4. The number of carbonyl (C=O) groups excluding carboxylic acids is 2. The number of nitrogens with zero attached hydrogens (tertiary/aromatic N) is 2. The average molecular weight is 360 g/mol. The molecule has 0 aromatic heterocycles. The molecule has 26 heavy (non-hydrogen) atoms. The molecule has 2 amide bonds. The lowest BCUT2D eigenvalue weighted by molar-refractivity contribution is 0.0204. The van der Waals surface area contributed by atoms with Crippen molar-refractivity contribution in [3.8, 4) is 0 Å². The molecule has 1 heterocycles. The summed E-state index contributed by atoms with van der Waals surface area (Å²) in [6.07, 6.45) is 1.61. The van der Waals surface area contributed by atoms with E-state index < -0.39 is 5.60 Å².